The Hall–Kier alpha value is -0.0100. The van der Waals surface area contributed by atoms with Crippen molar-refractivity contribution in [3.63, 3.8) is 0 Å². The van der Waals surface area contributed by atoms with Crippen molar-refractivity contribution in [3.05, 3.63) is 0 Å². The molecular weight excluding hydrogens is 203 g/mol. The van der Waals surface area contributed by atoms with Gasteiger partial charge >= 0.3 is 7.60 Å². The summed E-state index contributed by atoms with van der Waals surface area (Å²) >= 11 is 0. The molecule has 0 aromatic rings. The molecule has 0 spiro atoms. The van der Waals surface area contributed by atoms with E-state index in [1.807, 2.05) is 0 Å². The first-order valence-corrected chi connectivity index (χ1v) is 5.13. The standard InChI is InChI=1S/C5H11O7P/c6-2-5(13(9,10)11)4(8)3(7)1-12-5/h3-4,6-8H,1-2H2,(H2,9,10,11)/t3-,4-,5-/m0/s1. The Balaban J connectivity index is 3.02. The monoisotopic (exact) mass is 214 g/mol. The van der Waals surface area contributed by atoms with E-state index in [4.69, 9.17) is 20.0 Å². The van der Waals surface area contributed by atoms with Crippen LogP contribution in [0, 0.1) is 0 Å². The zero-order valence-electron chi connectivity index (χ0n) is 6.57. The summed E-state index contributed by atoms with van der Waals surface area (Å²) in [4.78, 5) is 17.6. The molecule has 0 bridgehead atoms. The smallest absolute Gasteiger partial charge is 0.362 e. The van der Waals surface area contributed by atoms with Gasteiger partial charge in [-0.3, -0.25) is 4.57 Å². The van der Waals surface area contributed by atoms with Crippen molar-refractivity contribution in [2.24, 2.45) is 0 Å². The highest BCUT2D eigenvalue weighted by Gasteiger charge is 2.60. The average molecular weight is 214 g/mol. The minimum Gasteiger partial charge on any atom is -0.393 e. The third kappa shape index (κ3) is 1.53. The van der Waals surface area contributed by atoms with Gasteiger partial charge < -0.3 is 29.8 Å². The Morgan fingerprint density at radius 2 is 2.00 bits per heavy atom. The molecule has 1 rings (SSSR count). The fraction of sp³-hybridized carbons (Fsp3) is 1.00. The van der Waals surface area contributed by atoms with Gasteiger partial charge in [-0.2, -0.15) is 0 Å². The van der Waals surface area contributed by atoms with E-state index in [1.165, 1.54) is 0 Å². The van der Waals surface area contributed by atoms with E-state index >= 15 is 0 Å². The van der Waals surface area contributed by atoms with E-state index in [2.05, 4.69) is 4.74 Å². The van der Waals surface area contributed by atoms with Crippen LogP contribution in [0.15, 0.2) is 0 Å². The topological polar surface area (TPSA) is 127 Å². The molecule has 78 valence electrons. The highest BCUT2D eigenvalue weighted by atomic mass is 31.2. The largest absolute Gasteiger partial charge is 0.393 e. The van der Waals surface area contributed by atoms with Crippen molar-refractivity contribution in [3.8, 4) is 0 Å². The second-order valence-electron chi connectivity index (χ2n) is 2.87. The number of hydrogen-bond donors (Lipinski definition) is 5. The highest BCUT2D eigenvalue weighted by Crippen LogP contribution is 2.55. The maximum atomic E-state index is 10.9. The number of aliphatic hydroxyl groups is 3. The molecule has 5 N–H and O–H groups in total. The van der Waals surface area contributed by atoms with E-state index in [0.29, 0.717) is 0 Å². The summed E-state index contributed by atoms with van der Waals surface area (Å²) in [6.07, 6.45) is -3.17. The van der Waals surface area contributed by atoms with Crippen LogP contribution in [0.3, 0.4) is 0 Å². The van der Waals surface area contributed by atoms with Crippen LogP contribution in [0.4, 0.5) is 0 Å². The van der Waals surface area contributed by atoms with Gasteiger partial charge in [-0.05, 0) is 0 Å². The summed E-state index contributed by atoms with van der Waals surface area (Å²) in [6, 6.07) is 0. The van der Waals surface area contributed by atoms with Crippen molar-refractivity contribution < 1.29 is 34.4 Å². The molecule has 1 heterocycles. The Kier molecular flexibility index (Phi) is 2.80. The molecule has 3 atom stereocenters. The molecule has 0 radical (unpaired) electrons. The molecule has 7 nitrogen and oxygen atoms in total. The molecule has 13 heavy (non-hydrogen) atoms. The lowest BCUT2D eigenvalue weighted by Crippen LogP contribution is -2.45. The van der Waals surface area contributed by atoms with Crippen molar-refractivity contribution in [1.82, 2.24) is 0 Å². The van der Waals surface area contributed by atoms with Crippen LogP contribution in [-0.2, 0) is 9.30 Å². The summed E-state index contributed by atoms with van der Waals surface area (Å²) < 4.78 is 15.4. The van der Waals surface area contributed by atoms with Crippen molar-refractivity contribution in [2.45, 2.75) is 17.6 Å². The van der Waals surface area contributed by atoms with Crippen LogP contribution < -0.4 is 0 Å². The van der Waals surface area contributed by atoms with Gasteiger partial charge in [-0.15, -0.1) is 0 Å². The third-order valence-corrected chi connectivity index (χ3v) is 3.57. The lowest BCUT2D eigenvalue weighted by atomic mass is 10.1. The minimum absolute atomic E-state index is 0.410. The van der Waals surface area contributed by atoms with Gasteiger partial charge in [0.25, 0.3) is 0 Å². The molecule has 0 saturated carbocycles. The van der Waals surface area contributed by atoms with Gasteiger partial charge in [-0.25, -0.2) is 0 Å². The molecular formula is C5H11O7P. The predicted molar refractivity (Wildman–Crippen MR) is 39.8 cm³/mol. The molecule has 0 aromatic heterocycles. The molecule has 0 amide bonds. The average Bonchev–Trinajstić information content (AvgIpc) is 2.29. The van der Waals surface area contributed by atoms with Crippen molar-refractivity contribution >= 4 is 7.60 Å². The third-order valence-electron chi connectivity index (χ3n) is 2.05. The molecule has 0 unspecified atom stereocenters. The maximum Gasteiger partial charge on any atom is 0.362 e. The first-order chi connectivity index (χ1) is 5.85. The summed E-state index contributed by atoms with van der Waals surface area (Å²) in [5, 5.41) is 24.6. The number of rotatable bonds is 2. The van der Waals surface area contributed by atoms with E-state index < -0.39 is 38.4 Å². The number of hydrogen-bond acceptors (Lipinski definition) is 5. The van der Waals surface area contributed by atoms with E-state index in [-0.39, 0.29) is 0 Å². The van der Waals surface area contributed by atoms with E-state index in [0.717, 1.165) is 0 Å². The van der Waals surface area contributed by atoms with E-state index in [1.54, 1.807) is 0 Å². The second-order valence-corrected chi connectivity index (χ2v) is 4.72. The van der Waals surface area contributed by atoms with Gasteiger partial charge in [0.1, 0.15) is 12.2 Å². The quantitative estimate of drug-likeness (QED) is 0.324. The van der Waals surface area contributed by atoms with Crippen LogP contribution in [0.25, 0.3) is 0 Å². The molecule has 8 heteroatoms. The normalized spacial score (nSPS) is 41.0. The summed E-state index contributed by atoms with van der Waals surface area (Å²) in [6.45, 7) is -1.46. The summed E-state index contributed by atoms with van der Waals surface area (Å²) in [5.74, 6) is 0. The van der Waals surface area contributed by atoms with Crippen molar-refractivity contribution in [1.29, 1.82) is 0 Å². The molecule has 1 aliphatic rings. The minimum atomic E-state index is -4.82. The van der Waals surface area contributed by atoms with Gasteiger partial charge in [0.15, 0.2) is 0 Å². The Morgan fingerprint density at radius 1 is 1.46 bits per heavy atom. The van der Waals surface area contributed by atoms with Gasteiger partial charge in [0, 0.05) is 0 Å². The highest BCUT2D eigenvalue weighted by molar-refractivity contribution is 7.53. The first-order valence-electron chi connectivity index (χ1n) is 3.52. The SMILES string of the molecule is O=P(O)(O)[C@]1(CO)OC[C@H](O)[C@@H]1O. The molecule has 1 saturated heterocycles. The zero-order valence-corrected chi connectivity index (χ0v) is 7.46. The first kappa shape index (κ1) is 11.1. The van der Waals surface area contributed by atoms with Gasteiger partial charge in [0.2, 0.25) is 5.34 Å². The fourth-order valence-electron chi connectivity index (χ4n) is 1.19. The van der Waals surface area contributed by atoms with Gasteiger partial charge in [-0.1, -0.05) is 0 Å². The Morgan fingerprint density at radius 3 is 2.15 bits per heavy atom. The second kappa shape index (κ2) is 3.29. The van der Waals surface area contributed by atoms with Crippen LogP contribution in [0.5, 0.6) is 0 Å². The van der Waals surface area contributed by atoms with Crippen LogP contribution >= 0.6 is 7.60 Å². The molecule has 1 fully saturated rings. The van der Waals surface area contributed by atoms with E-state index in [9.17, 15) is 9.67 Å². The van der Waals surface area contributed by atoms with Crippen LogP contribution in [0.2, 0.25) is 0 Å². The van der Waals surface area contributed by atoms with Crippen LogP contribution in [-0.4, -0.2) is 55.9 Å². The molecule has 0 aliphatic carbocycles. The fourth-order valence-corrected chi connectivity index (χ4v) is 2.14. The lowest BCUT2D eigenvalue weighted by molar-refractivity contribution is -0.0517. The Bertz CT molecular complexity index is 237. The van der Waals surface area contributed by atoms with Crippen LogP contribution in [0.1, 0.15) is 0 Å². The number of ether oxygens (including phenoxy) is 1. The molecule has 0 aromatic carbocycles. The summed E-state index contributed by atoms with van der Waals surface area (Å²) in [7, 11) is -4.82. The predicted octanol–water partition coefficient (Wildman–Crippen LogP) is -2.40. The lowest BCUT2D eigenvalue weighted by Gasteiger charge is -2.29. The maximum absolute atomic E-state index is 10.9. The molecule has 1 aliphatic heterocycles. The Labute approximate surface area is 73.7 Å². The number of aliphatic hydroxyl groups excluding tert-OH is 3. The van der Waals surface area contributed by atoms with Gasteiger partial charge in [0.05, 0.1) is 13.2 Å². The summed E-state index contributed by atoms with van der Waals surface area (Å²) in [5.41, 5.74) is 0. The zero-order chi connectivity index (χ0) is 10.3. The van der Waals surface area contributed by atoms with Crippen molar-refractivity contribution in [2.75, 3.05) is 13.2 Å².